The van der Waals surface area contributed by atoms with E-state index in [4.69, 9.17) is 0 Å². The number of rotatable bonds is 6. The van der Waals surface area contributed by atoms with Gasteiger partial charge >= 0.3 is 0 Å². The van der Waals surface area contributed by atoms with Crippen molar-refractivity contribution in [2.24, 2.45) is 0 Å². The van der Waals surface area contributed by atoms with E-state index in [0.717, 1.165) is 12.2 Å². The van der Waals surface area contributed by atoms with E-state index in [2.05, 4.69) is 13.2 Å². The van der Waals surface area contributed by atoms with Crippen molar-refractivity contribution in [2.75, 3.05) is 19.1 Å². The molecule has 4 heteroatoms. The fourth-order valence-corrected chi connectivity index (χ4v) is 2.25. The van der Waals surface area contributed by atoms with Gasteiger partial charge in [-0.1, -0.05) is 18.2 Å². The summed E-state index contributed by atoms with van der Waals surface area (Å²) in [5, 5.41) is 9.65. The third kappa shape index (κ3) is 4.26. The van der Waals surface area contributed by atoms with Crippen LogP contribution in [-0.2, 0) is 11.2 Å². The van der Waals surface area contributed by atoms with Gasteiger partial charge in [0.15, 0.2) is 0 Å². The molecular weight excluding hydrogens is 246 g/mol. The van der Waals surface area contributed by atoms with Gasteiger partial charge in [0.2, 0.25) is 5.91 Å². The Morgan fingerprint density at radius 1 is 1.44 bits per heavy atom. The summed E-state index contributed by atoms with van der Waals surface area (Å²) in [7, 11) is 1.83. The normalized spacial score (nSPS) is 12.2. The lowest BCUT2D eigenvalue weighted by molar-refractivity contribution is -0.131. The number of carbonyl (C=O) groups excluding carboxylic acids is 1. The van der Waals surface area contributed by atoms with Crippen LogP contribution in [0.1, 0.15) is 18.9 Å². The molecule has 0 saturated heterocycles. The van der Waals surface area contributed by atoms with Crippen LogP contribution < -0.4 is 0 Å². The van der Waals surface area contributed by atoms with Crippen LogP contribution in [0, 0.1) is 0 Å². The highest BCUT2D eigenvalue weighted by Gasteiger charge is 2.16. The Labute approximate surface area is 113 Å². The number of thioether (sulfide) groups is 1. The number of amides is 1. The van der Waals surface area contributed by atoms with Crippen molar-refractivity contribution in [1.82, 2.24) is 4.90 Å². The van der Waals surface area contributed by atoms with Crippen molar-refractivity contribution in [3.05, 3.63) is 29.8 Å². The van der Waals surface area contributed by atoms with Gasteiger partial charge in [-0.2, -0.15) is 11.8 Å². The molecule has 0 aliphatic carbocycles. The number of para-hydroxylation sites is 1. The Balaban J connectivity index is 2.57. The molecule has 1 amide bonds. The monoisotopic (exact) mass is 267 g/mol. The molecule has 3 nitrogen and oxygen atoms in total. The molecule has 1 aromatic carbocycles. The van der Waals surface area contributed by atoms with Gasteiger partial charge in [-0.25, -0.2) is 0 Å². The standard InChI is InChI=1S/C14H21NO2S/c1-11(8-9-18-3)15(2)14(17)10-12-6-4-5-7-13(12)16/h4-7,11,16H,8-10H2,1-3H3/t11-/m0/s1. The molecule has 0 aliphatic rings. The summed E-state index contributed by atoms with van der Waals surface area (Å²) >= 11 is 1.79. The quantitative estimate of drug-likeness (QED) is 0.861. The van der Waals surface area contributed by atoms with Crippen molar-refractivity contribution in [1.29, 1.82) is 0 Å². The van der Waals surface area contributed by atoms with E-state index in [0.29, 0.717) is 5.56 Å². The Hall–Kier alpha value is -1.16. The Morgan fingerprint density at radius 3 is 2.72 bits per heavy atom. The third-order valence-electron chi connectivity index (χ3n) is 3.13. The SMILES string of the molecule is CSCC[C@H](C)N(C)C(=O)Cc1ccccc1O. The molecule has 0 aromatic heterocycles. The van der Waals surface area contributed by atoms with Crippen LogP contribution in [-0.4, -0.2) is 41.0 Å². The lowest BCUT2D eigenvalue weighted by Gasteiger charge is -2.25. The summed E-state index contributed by atoms with van der Waals surface area (Å²) in [4.78, 5) is 13.8. The van der Waals surface area contributed by atoms with E-state index in [-0.39, 0.29) is 24.1 Å². The number of hydrogen-bond donors (Lipinski definition) is 1. The lowest BCUT2D eigenvalue weighted by Crippen LogP contribution is -2.36. The predicted molar refractivity (Wildman–Crippen MR) is 77.0 cm³/mol. The molecule has 18 heavy (non-hydrogen) atoms. The van der Waals surface area contributed by atoms with Crippen LogP contribution in [0.5, 0.6) is 5.75 Å². The molecule has 1 rings (SSSR count). The highest BCUT2D eigenvalue weighted by molar-refractivity contribution is 7.98. The molecule has 0 heterocycles. The van der Waals surface area contributed by atoms with E-state index < -0.39 is 0 Å². The number of nitrogens with zero attached hydrogens (tertiary/aromatic N) is 1. The van der Waals surface area contributed by atoms with Crippen LogP contribution >= 0.6 is 11.8 Å². The van der Waals surface area contributed by atoms with Crippen LogP contribution in [0.15, 0.2) is 24.3 Å². The van der Waals surface area contributed by atoms with Gasteiger partial charge in [0, 0.05) is 18.7 Å². The molecule has 0 bridgehead atoms. The molecule has 0 aliphatic heterocycles. The van der Waals surface area contributed by atoms with E-state index in [1.54, 1.807) is 34.9 Å². The second-order valence-electron chi connectivity index (χ2n) is 4.44. The summed E-state index contributed by atoms with van der Waals surface area (Å²) in [6, 6.07) is 7.22. The van der Waals surface area contributed by atoms with E-state index in [1.165, 1.54) is 0 Å². The van der Waals surface area contributed by atoms with Gasteiger partial charge < -0.3 is 10.0 Å². The number of carbonyl (C=O) groups is 1. The minimum absolute atomic E-state index is 0.0464. The molecule has 1 aromatic rings. The van der Waals surface area contributed by atoms with E-state index in [1.807, 2.05) is 13.1 Å². The predicted octanol–water partition coefficient (Wildman–Crippen LogP) is 2.53. The smallest absolute Gasteiger partial charge is 0.227 e. The van der Waals surface area contributed by atoms with Crippen LogP contribution in [0.4, 0.5) is 0 Å². The van der Waals surface area contributed by atoms with Crippen molar-refractivity contribution in [3.63, 3.8) is 0 Å². The maximum absolute atomic E-state index is 12.1. The van der Waals surface area contributed by atoms with E-state index in [9.17, 15) is 9.90 Å². The van der Waals surface area contributed by atoms with Crippen LogP contribution in [0.2, 0.25) is 0 Å². The van der Waals surface area contributed by atoms with Gasteiger partial charge in [-0.3, -0.25) is 4.79 Å². The Kier molecular flexibility index (Phi) is 6.05. The molecule has 1 N–H and O–H groups in total. The topological polar surface area (TPSA) is 40.5 Å². The summed E-state index contributed by atoms with van der Waals surface area (Å²) in [6.45, 7) is 2.05. The van der Waals surface area contributed by atoms with Crippen molar-refractivity contribution >= 4 is 17.7 Å². The molecule has 0 spiro atoms. The average molecular weight is 267 g/mol. The molecular formula is C14H21NO2S. The molecule has 0 saturated carbocycles. The lowest BCUT2D eigenvalue weighted by atomic mass is 10.1. The first kappa shape index (κ1) is 14.9. The van der Waals surface area contributed by atoms with Crippen molar-refractivity contribution in [2.45, 2.75) is 25.8 Å². The molecule has 100 valence electrons. The average Bonchev–Trinajstić information content (AvgIpc) is 2.37. The fraction of sp³-hybridized carbons (Fsp3) is 0.500. The number of aromatic hydroxyl groups is 1. The van der Waals surface area contributed by atoms with Crippen LogP contribution in [0.25, 0.3) is 0 Å². The number of phenols is 1. The molecule has 0 fully saturated rings. The zero-order valence-electron chi connectivity index (χ0n) is 11.2. The first-order valence-corrected chi connectivity index (χ1v) is 7.47. The number of likely N-dealkylation sites (N-methyl/N-ethyl adjacent to an activating group) is 1. The first-order chi connectivity index (χ1) is 8.56. The summed E-state index contributed by atoms with van der Waals surface area (Å²) in [5.41, 5.74) is 0.686. The summed E-state index contributed by atoms with van der Waals surface area (Å²) in [5.74, 6) is 1.29. The maximum Gasteiger partial charge on any atom is 0.227 e. The largest absolute Gasteiger partial charge is 0.508 e. The minimum Gasteiger partial charge on any atom is -0.508 e. The Bertz CT molecular complexity index is 395. The van der Waals surface area contributed by atoms with Crippen molar-refractivity contribution in [3.8, 4) is 5.75 Å². The number of phenolic OH excluding ortho intramolecular Hbond substituents is 1. The van der Waals surface area contributed by atoms with Gasteiger partial charge in [0.05, 0.1) is 6.42 Å². The maximum atomic E-state index is 12.1. The number of hydrogen-bond acceptors (Lipinski definition) is 3. The summed E-state index contributed by atoms with van der Waals surface area (Å²) in [6.07, 6.45) is 3.31. The zero-order chi connectivity index (χ0) is 13.5. The van der Waals surface area contributed by atoms with Gasteiger partial charge in [-0.15, -0.1) is 0 Å². The fourth-order valence-electron chi connectivity index (χ4n) is 1.68. The zero-order valence-corrected chi connectivity index (χ0v) is 12.0. The second kappa shape index (κ2) is 7.31. The first-order valence-electron chi connectivity index (χ1n) is 6.07. The highest BCUT2D eigenvalue weighted by atomic mass is 32.2. The third-order valence-corrected chi connectivity index (χ3v) is 3.77. The van der Waals surface area contributed by atoms with Gasteiger partial charge in [-0.05, 0) is 31.4 Å². The second-order valence-corrected chi connectivity index (χ2v) is 5.43. The number of benzene rings is 1. The molecule has 1 atom stereocenters. The highest BCUT2D eigenvalue weighted by Crippen LogP contribution is 2.17. The molecule has 0 unspecified atom stereocenters. The van der Waals surface area contributed by atoms with Crippen LogP contribution in [0.3, 0.4) is 0 Å². The molecule has 0 radical (unpaired) electrons. The Morgan fingerprint density at radius 2 is 2.11 bits per heavy atom. The van der Waals surface area contributed by atoms with E-state index >= 15 is 0 Å². The minimum atomic E-state index is 0.0464. The van der Waals surface area contributed by atoms with Gasteiger partial charge in [0.1, 0.15) is 5.75 Å². The van der Waals surface area contributed by atoms with Crippen molar-refractivity contribution < 1.29 is 9.90 Å². The van der Waals surface area contributed by atoms with Gasteiger partial charge in [0.25, 0.3) is 0 Å². The summed E-state index contributed by atoms with van der Waals surface area (Å²) < 4.78 is 0.